The van der Waals surface area contributed by atoms with Gasteiger partial charge in [-0.05, 0) is 12.5 Å². The van der Waals surface area contributed by atoms with Crippen LogP contribution in [0.15, 0.2) is 24.5 Å². The lowest BCUT2D eigenvalue weighted by Gasteiger charge is -2.03. The van der Waals surface area contributed by atoms with Crippen molar-refractivity contribution in [1.82, 2.24) is 4.98 Å². The standard InChI is InChI=1S/C12H17NO2/c1-2-3-4-7-12(14)15-10-11-6-5-8-13-9-11/h5-6,8-9H,2-4,7,10H2,1H3. The molecule has 0 saturated heterocycles. The molecule has 3 heteroatoms. The molecular weight excluding hydrogens is 190 g/mol. The number of pyridine rings is 1. The highest BCUT2D eigenvalue weighted by Crippen LogP contribution is 2.03. The molecule has 15 heavy (non-hydrogen) atoms. The Kier molecular flexibility index (Phi) is 5.44. The predicted octanol–water partition coefficient (Wildman–Crippen LogP) is 2.71. The Morgan fingerprint density at radius 3 is 3.00 bits per heavy atom. The summed E-state index contributed by atoms with van der Waals surface area (Å²) in [5, 5.41) is 0. The monoisotopic (exact) mass is 207 g/mol. The van der Waals surface area contributed by atoms with Gasteiger partial charge in [0.05, 0.1) is 0 Å². The van der Waals surface area contributed by atoms with Gasteiger partial charge in [0.2, 0.25) is 0 Å². The first-order chi connectivity index (χ1) is 7.33. The molecule has 0 atom stereocenters. The number of ether oxygens (including phenoxy) is 1. The molecule has 0 unspecified atom stereocenters. The molecule has 0 radical (unpaired) electrons. The molecule has 0 aliphatic rings. The minimum atomic E-state index is -0.118. The van der Waals surface area contributed by atoms with E-state index in [9.17, 15) is 4.79 Å². The molecular formula is C12H17NO2. The number of hydrogen-bond acceptors (Lipinski definition) is 3. The van der Waals surface area contributed by atoms with Crippen molar-refractivity contribution in [2.24, 2.45) is 0 Å². The van der Waals surface area contributed by atoms with Gasteiger partial charge in [-0.25, -0.2) is 0 Å². The summed E-state index contributed by atoms with van der Waals surface area (Å²) in [7, 11) is 0. The van der Waals surface area contributed by atoms with Crippen molar-refractivity contribution < 1.29 is 9.53 Å². The van der Waals surface area contributed by atoms with E-state index in [0.29, 0.717) is 13.0 Å². The van der Waals surface area contributed by atoms with E-state index in [2.05, 4.69) is 11.9 Å². The van der Waals surface area contributed by atoms with Crippen LogP contribution in [0.4, 0.5) is 0 Å². The number of aromatic nitrogens is 1. The molecule has 1 aromatic rings. The van der Waals surface area contributed by atoms with E-state index < -0.39 is 0 Å². The van der Waals surface area contributed by atoms with Crippen LogP contribution in [-0.2, 0) is 16.1 Å². The largest absolute Gasteiger partial charge is 0.461 e. The Bertz CT molecular complexity index is 285. The second kappa shape index (κ2) is 6.98. The van der Waals surface area contributed by atoms with Gasteiger partial charge in [-0.2, -0.15) is 0 Å². The number of carbonyl (C=O) groups is 1. The minimum absolute atomic E-state index is 0.118. The van der Waals surface area contributed by atoms with Gasteiger partial charge < -0.3 is 4.74 Å². The van der Waals surface area contributed by atoms with Gasteiger partial charge >= 0.3 is 5.97 Å². The van der Waals surface area contributed by atoms with Crippen molar-refractivity contribution in [3.05, 3.63) is 30.1 Å². The lowest BCUT2D eigenvalue weighted by Crippen LogP contribution is -2.04. The van der Waals surface area contributed by atoms with E-state index >= 15 is 0 Å². The molecule has 0 saturated carbocycles. The number of nitrogens with zero attached hydrogens (tertiary/aromatic N) is 1. The van der Waals surface area contributed by atoms with Crippen molar-refractivity contribution in [3.8, 4) is 0 Å². The summed E-state index contributed by atoms with van der Waals surface area (Å²) in [5.41, 5.74) is 0.932. The Morgan fingerprint density at radius 2 is 2.33 bits per heavy atom. The Hall–Kier alpha value is -1.38. The lowest BCUT2D eigenvalue weighted by atomic mass is 10.2. The van der Waals surface area contributed by atoms with Crippen LogP contribution in [0.25, 0.3) is 0 Å². The Morgan fingerprint density at radius 1 is 1.47 bits per heavy atom. The summed E-state index contributed by atoms with van der Waals surface area (Å²) >= 11 is 0. The van der Waals surface area contributed by atoms with Crippen molar-refractivity contribution in [1.29, 1.82) is 0 Å². The fraction of sp³-hybridized carbons (Fsp3) is 0.500. The topological polar surface area (TPSA) is 39.2 Å². The molecule has 0 aliphatic carbocycles. The fourth-order valence-electron chi connectivity index (χ4n) is 1.24. The molecule has 0 fully saturated rings. The molecule has 1 heterocycles. The van der Waals surface area contributed by atoms with Crippen LogP contribution in [0.2, 0.25) is 0 Å². The summed E-state index contributed by atoms with van der Waals surface area (Å²) in [6.07, 6.45) is 7.06. The second-order valence-corrected chi connectivity index (χ2v) is 3.48. The zero-order chi connectivity index (χ0) is 10.9. The van der Waals surface area contributed by atoms with Crippen LogP contribution < -0.4 is 0 Å². The number of unbranched alkanes of at least 4 members (excludes halogenated alkanes) is 2. The highest BCUT2D eigenvalue weighted by Gasteiger charge is 2.02. The van der Waals surface area contributed by atoms with Crippen LogP contribution >= 0.6 is 0 Å². The molecule has 0 N–H and O–H groups in total. The summed E-state index contributed by atoms with van der Waals surface area (Å²) < 4.78 is 5.10. The average Bonchev–Trinajstić information content (AvgIpc) is 2.28. The third kappa shape index (κ3) is 5.15. The minimum Gasteiger partial charge on any atom is -0.461 e. The maximum atomic E-state index is 11.2. The van der Waals surface area contributed by atoms with Gasteiger partial charge in [0, 0.05) is 24.4 Å². The first-order valence-electron chi connectivity index (χ1n) is 5.37. The molecule has 0 amide bonds. The molecule has 1 rings (SSSR count). The van der Waals surface area contributed by atoms with Crippen LogP contribution in [0.1, 0.15) is 38.2 Å². The summed E-state index contributed by atoms with van der Waals surface area (Å²) in [6, 6.07) is 3.73. The van der Waals surface area contributed by atoms with Crippen LogP contribution in [0.3, 0.4) is 0 Å². The maximum Gasteiger partial charge on any atom is 0.306 e. The number of esters is 1. The molecule has 0 aliphatic heterocycles. The first kappa shape index (κ1) is 11.7. The van der Waals surface area contributed by atoms with Gasteiger partial charge in [0.1, 0.15) is 6.61 Å². The molecule has 82 valence electrons. The van der Waals surface area contributed by atoms with Gasteiger partial charge in [0.25, 0.3) is 0 Å². The lowest BCUT2D eigenvalue weighted by molar-refractivity contribution is -0.145. The SMILES string of the molecule is CCCCCC(=O)OCc1cccnc1. The highest BCUT2D eigenvalue weighted by atomic mass is 16.5. The van der Waals surface area contributed by atoms with Gasteiger partial charge in [-0.1, -0.05) is 25.8 Å². The smallest absolute Gasteiger partial charge is 0.306 e. The highest BCUT2D eigenvalue weighted by molar-refractivity contribution is 5.69. The summed E-state index contributed by atoms with van der Waals surface area (Å²) in [5.74, 6) is -0.118. The van der Waals surface area contributed by atoms with Gasteiger partial charge in [-0.3, -0.25) is 9.78 Å². The van der Waals surface area contributed by atoms with Crippen molar-refractivity contribution in [2.75, 3.05) is 0 Å². The predicted molar refractivity (Wildman–Crippen MR) is 58.2 cm³/mol. The fourth-order valence-corrected chi connectivity index (χ4v) is 1.24. The zero-order valence-corrected chi connectivity index (χ0v) is 9.11. The number of hydrogen-bond donors (Lipinski definition) is 0. The summed E-state index contributed by atoms with van der Waals surface area (Å²) in [6.45, 7) is 2.44. The summed E-state index contributed by atoms with van der Waals surface area (Å²) in [4.78, 5) is 15.2. The average molecular weight is 207 g/mol. The van der Waals surface area contributed by atoms with E-state index in [1.807, 2.05) is 12.1 Å². The molecule has 1 aromatic heterocycles. The molecule has 0 bridgehead atoms. The molecule has 3 nitrogen and oxygen atoms in total. The third-order valence-corrected chi connectivity index (χ3v) is 2.11. The zero-order valence-electron chi connectivity index (χ0n) is 9.11. The van der Waals surface area contributed by atoms with E-state index in [1.165, 1.54) is 0 Å². The van der Waals surface area contributed by atoms with Crippen molar-refractivity contribution >= 4 is 5.97 Å². The van der Waals surface area contributed by atoms with E-state index in [1.54, 1.807) is 12.4 Å². The van der Waals surface area contributed by atoms with E-state index in [4.69, 9.17) is 4.74 Å². The van der Waals surface area contributed by atoms with Crippen molar-refractivity contribution in [3.63, 3.8) is 0 Å². The van der Waals surface area contributed by atoms with Crippen LogP contribution in [-0.4, -0.2) is 11.0 Å². The van der Waals surface area contributed by atoms with Crippen molar-refractivity contribution in [2.45, 2.75) is 39.2 Å². The van der Waals surface area contributed by atoms with Gasteiger partial charge in [-0.15, -0.1) is 0 Å². The quantitative estimate of drug-likeness (QED) is 0.532. The number of rotatable bonds is 6. The second-order valence-electron chi connectivity index (χ2n) is 3.48. The van der Waals surface area contributed by atoms with Crippen LogP contribution in [0, 0.1) is 0 Å². The molecule has 0 aromatic carbocycles. The third-order valence-electron chi connectivity index (χ3n) is 2.11. The Labute approximate surface area is 90.5 Å². The van der Waals surface area contributed by atoms with E-state index in [0.717, 1.165) is 24.8 Å². The van der Waals surface area contributed by atoms with Gasteiger partial charge in [0.15, 0.2) is 0 Å². The maximum absolute atomic E-state index is 11.2. The Balaban J connectivity index is 2.17. The van der Waals surface area contributed by atoms with Crippen LogP contribution in [0.5, 0.6) is 0 Å². The molecule has 0 spiro atoms. The first-order valence-corrected chi connectivity index (χ1v) is 5.37. The number of carbonyl (C=O) groups excluding carboxylic acids is 1. The van der Waals surface area contributed by atoms with E-state index in [-0.39, 0.29) is 5.97 Å². The normalized spacial score (nSPS) is 9.93.